The maximum Gasteiger partial charge on any atom is 0.311 e. The first kappa shape index (κ1) is 21.1. The van der Waals surface area contributed by atoms with Crippen LogP contribution < -0.4 is 0 Å². The fourth-order valence-corrected chi connectivity index (χ4v) is 7.91. The summed E-state index contributed by atoms with van der Waals surface area (Å²) in [4.78, 5) is 12.8. The molecule has 0 spiro atoms. The van der Waals surface area contributed by atoms with Crippen molar-refractivity contribution in [1.82, 2.24) is 0 Å². The first-order chi connectivity index (χ1) is 12.7. The largest absolute Gasteiger partial charge is 0.469 e. The highest BCUT2D eigenvalue weighted by molar-refractivity contribution is 5.77. The minimum absolute atomic E-state index is 0.0804. The minimum atomic E-state index is -0.455. The normalized spacial score (nSPS) is 47.3. The van der Waals surface area contributed by atoms with Gasteiger partial charge in [0.1, 0.15) is 0 Å². The molecule has 0 saturated heterocycles. The summed E-state index contributed by atoms with van der Waals surface area (Å²) in [6, 6.07) is 0. The summed E-state index contributed by atoms with van der Waals surface area (Å²) in [6.07, 6.45) is 6.27. The lowest BCUT2D eigenvalue weighted by atomic mass is 9.40. The second-order valence-corrected chi connectivity index (χ2v) is 10.5. The second-order valence-electron chi connectivity index (χ2n) is 10.5. The van der Waals surface area contributed by atoms with Gasteiger partial charge < -0.3 is 14.9 Å². The standard InChI is InChI=1S/C23H40O4/c1-14(2)16-7-8-18-20(17(16)13-25)15(12-24)11-19-22(18,3)9-6-10-23(19,4)21(26)27-5/h14-20,24-25H,6-13H2,1-5H3/t15-,16-,17+,18+,19+,20+,22+,23+/m0/s1. The van der Waals surface area contributed by atoms with Crippen molar-refractivity contribution < 1.29 is 19.7 Å². The van der Waals surface area contributed by atoms with Gasteiger partial charge in [-0.2, -0.15) is 0 Å². The molecule has 3 aliphatic rings. The number of methoxy groups -OCH3 is 1. The number of carbonyl (C=O) groups excluding carboxylic acids is 1. The van der Waals surface area contributed by atoms with Crippen LogP contribution in [0.2, 0.25) is 0 Å². The third kappa shape index (κ3) is 3.15. The molecule has 0 aromatic carbocycles. The van der Waals surface area contributed by atoms with Crippen LogP contribution in [0.5, 0.6) is 0 Å². The van der Waals surface area contributed by atoms with Gasteiger partial charge in [0.05, 0.1) is 12.5 Å². The Morgan fingerprint density at radius 3 is 2.41 bits per heavy atom. The van der Waals surface area contributed by atoms with Crippen LogP contribution in [0.1, 0.15) is 66.2 Å². The average molecular weight is 381 g/mol. The quantitative estimate of drug-likeness (QED) is 0.726. The number of hydrogen-bond donors (Lipinski definition) is 2. The molecule has 0 heterocycles. The first-order valence-corrected chi connectivity index (χ1v) is 11.0. The number of aliphatic hydroxyl groups is 2. The van der Waals surface area contributed by atoms with Gasteiger partial charge in [0.15, 0.2) is 0 Å². The van der Waals surface area contributed by atoms with Crippen molar-refractivity contribution in [2.75, 3.05) is 20.3 Å². The van der Waals surface area contributed by atoms with E-state index in [4.69, 9.17) is 4.74 Å². The van der Waals surface area contributed by atoms with Gasteiger partial charge >= 0.3 is 5.97 Å². The Hall–Kier alpha value is -0.610. The highest BCUT2D eigenvalue weighted by atomic mass is 16.5. The molecule has 3 fully saturated rings. The fraction of sp³-hybridized carbons (Fsp3) is 0.957. The van der Waals surface area contributed by atoms with Crippen molar-refractivity contribution in [1.29, 1.82) is 0 Å². The zero-order chi connectivity index (χ0) is 20.0. The van der Waals surface area contributed by atoms with Crippen molar-refractivity contribution in [3.63, 3.8) is 0 Å². The Bertz CT molecular complexity index is 546. The molecule has 3 rings (SSSR count). The van der Waals surface area contributed by atoms with Crippen LogP contribution in [0.25, 0.3) is 0 Å². The molecule has 0 unspecified atom stereocenters. The van der Waals surface area contributed by atoms with Crippen molar-refractivity contribution >= 4 is 5.97 Å². The first-order valence-electron chi connectivity index (χ1n) is 11.0. The Morgan fingerprint density at radius 1 is 1.15 bits per heavy atom. The zero-order valence-electron chi connectivity index (χ0n) is 17.9. The maximum absolute atomic E-state index is 12.8. The third-order valence-electron chi connectivity index (χ3n) is 9.18. The highest BCUT2D eigenvalue weighted by Crippen LogP contribution is 2.66. The Labute approximate surface area is 165 Å². The van der Waals surface area contributed by atoms with Crippen LogP contribution in [-0.4, -0.2) is 36.5 Å². The molecule has 4 nitrogen and oxygen atoms in total. The number of carbonyl (C=O) groups is 1. The highest BCUT2D eigenvalue weighted by Gasteiger charge is 2.63. The van der Waals surface area contributed by atoms with Crippen LogP contribution in [0, 0.1) is 52.3 Å². The van der Waals surface area contributed by atoms with E-state index in [2.05, 4.69) is 27.7 Å². The lowest BCUT2D eigenvalue weighted by Crippen LogP contribution is -2.61. The predicted molar refractivity (Wildman–Crippen MR) is 106 cm³/mol. The van der Waals surface area contributed by atoms with Crippen molar-refractivity contribution in [3.8, 4) is 0 Å². The molecule has 3 aliphatic carbocycles. The molecular weight excluding hydrogens is 340 g/mol. The lowest BCUT2D eigenvalue weighted by Gasteiger charge is -2.64. The lowest BCUT2D eigenvalue weighted by molar-refractivity contribution is -0.194. The van der Waals surface area contributed by atoms with Crippen LogP contribution in [0.3, 0.4) is 0 Å². The third-order valence-corrected chi connectivity index (χ3v) is 9.18. The summed E-state index contributed by atoms with van der Waals surface area (Å²) in [5, 5.41) is 20.6. The van der Waals surface area contributed by atoms with Gasteiger partial charge in [-0.3, -0.25) is 4.79 Å². The van der Waals surface area contributed by atoms with E-state index in [1.807, 2.05) is 0 Å². The van der Waals surface area contributed by atoms with Gasteiger partial charge in [-0.05, 0) is 85.9 Å². The monoisotopic (exact) mass is 380 g/mol. The summed E-state index contributed by atoms with van der Waals surface area (Å²) < 4.78 is 5.24. The molecule has 0 aromatic rings. The van der Waals surface area contributed by atoms with Gasteiger partial charge in [-0.15, -0.1) is 0 Å². The summed E-state index contributed by atoms with van der Waals surface area (Å²) in [5.74, 6) is 2.54. The van der Waals surface area contributed by atoms with E-state index in [1.54, 1.807) is 0 Å². The Kier molecular flexibility index (Phi) is 5.99. The van der Waals surface area contributed by atoms with Gasteiger partial charge in [0, 0.05) is 13.2 Å². The van der Waals surface area contributed by atoms with Crippen molar-refractivity contribution in [2.24, 2.45) is 52.3 Å². The molecule has 0 aliphatic heterocycles. The van der Waals surface area contributed by atoms with Crippen molar-refractivity contribution in [3.05, 3.63) is 0 Å². The SMILES string of the molecule is COC(=O)[C@]1(C)CCC[C@]2(C)[C@@H]3CC[C@@H](C(C)C)[C@@H](CO)[C@H]3[C@H](CO)C[C@H]21. The molecule has 3 saturated carbocycles. The summed E-state index contributed by atoms with van der Waals surface area (Å²) in [6.45, 7) is 9.40. The van der Waals surface area contributed by atoms with Gasteiger partial charge in [0.2, 0.25) is 0 Å². The number of hydrogen-bond acceptors (Lipinski definition) is 4. The molecule has 0 aromatic heterocycles. The van der Waals surface area contributed by atoms with Crippen LogP contribution >= 0.6 is 0 Å². The zero-order valence-corrected chi connectivity index (χ0v) is 17.9. The summed E-state index contributed by atoms with van der Waals surface area (Å²) >= 11 is 0. The number of esters is 1. The number of ether oxygens (including phenoxy) is 1. The van der Waals surface area contributed by atoms with Crippen molar-refractivity contribution in [2.45, 2.75) is 66.2 Å². The molecule has 0 radical (unpaired) electrons. The minimum Gasteiger partial charge on any atom is -0.469 e. The molecule has 156 valence electrons. The fourth-order valence-electron chi connectivity index (χ4n) is 7.91. The number of fused-ring (bicyclic) bond motifs is 3. The molecule has 0 amide bonds. The van der Waals surface area contributed by atoms with E-state index in [0.717, 1.165) is 38.5 Å². The number of aliphatic hydroxyl groups excluding tert-OH is 2. The van der Waals surface area contributed by atoms with Gasteiger partial charge in [-0.1, -0.05) is 27.2 Å². The van der Waals surface area contributed by atoms with E-state index in [1.165, 1.54) is 7.11 Å². The molecule has 2 N–H and O–H groups in total. The molecule has 4 heteroatoms. The topological polar surface area (TPSA) is 66.8 Å². The van der Waals surface area contributed by atoms with Crippen LogP contribution in [-0.2, 0) is 9.53 Å². The van der Waals surface area contributed by atoms with E-state index in [9.17, 15) is 15.0 Å². The predicted octanol–water partition coefficient (Wildman–Crippen LogP) is 3.89. The van der Waals surface area contributed by atoms with Crippen LogP contribution in [0.4, 0.5) is 0 Å². The van der Waals surface area contributed by atoms with Gasteiger partial charge in [-0.25, -0.2) is 0 Å². The summed E-state index contributed by atoms with van der Waals surface area (Å²) in [7, 11) is 1.50. The molecule has 27 heavy (non-hydrogen) atoms. The molecule has 0 bridgehead atoms. The van der Waals surface area contributed by atoms with Crippen LogP contribution in [0.15, 0.2) is 0 Å². The Balaban J connectivity index is 2.01. The smallest absolute Gasteiger partial charge is 0.311 e. The number of rotatable bonds is 4. The van der Waals surface area contributed by atoms with Gasteiger partial charge in [0.25, 0.3) is 0 Å². The second kappa shape index (κ2) is 7.67. The Morgan fingerprint density at radius 2 is 1.85 bits per heavy atom. The van der Waals surface area contributed by atoms with E-state index in [-0.39, 0.29) is 42.4 Å². The average Bonchev–Trinajstić information content (AvgIpc) is 2.65. The van der Waals surface area contributed by atoms with E-state index >= 15 is 0 Å². The maximum atomic E-state index is 12.8. The van der Waals surface area contributed by atoms with E-state index < -0.39 is 5.41 Å². The molecular formula is C23H40O4. The summed E-state index contributed by atoms with van der Waals surface area (Å²) in [5.41, 5.74) is -0.364. The van der Waals surface area contributed by atoms with E-state index in [0.29, 0.717) is 23.7 Å². The molecule has 8 atom stereocenters.